The van der Waals surface area contributed by atoms with Crippen LogP contribution in [0.4, 0.5) is 0 Å². The van der Waals surface area contributed by atoms with Crippen LogP contribution in [0.25, 0.3) is 0 Å². The summed E-state index contributed by atoms with van der Waals surface area (Å²) in [4.78, 5) is 12.4. The highest BCUT2D eigenvalue weighted by molar-refractivity contribution is 6.30. The van der Waals surface area contributed by atoms with Crippen LogP contribution >= 0.6 is 11.6 Å². The molecule has 1 N–H and O–H groups in total. The second kappa shape index (κ2) is 9.00. The lowest BCUT2D eigenvalue weighted by Crippen LogP contribution is -2.35. The van der Waals surface area contributed by atoms with Crippen LogP contribution in [0.3, 0.4) is 0 Å². The van der Waals surface area contributed by atoms with Crippen LogP contribution in [0.5, 0.6) is 17.2 Å². The van der Waals surface area contributed by atoms with E-state index in [1.165, 1.54) is 0 Å². The maximum atomic E-state index is 12.4. The van der Waals surface area contributed by atoms with Gasteiger partial charge in [-0.2, -0.15) is 0 Å². The number of carbonyl (C=O) groups excluding carboxylic acids is 1. The number of hydrogen-bond donors (Lipinski definition) is 1. The SMILES string of the molecule is CC(C)[C@H](NC(=O)COc1ccc(Cl)cc1)c1ccc2c(c1)OCCCO2. The molecular formula is C21H24ClNO4. The summed E-state index contributed by atoms with van der Waals surface area (Å²) in [5.41, 5.74) is 0.981. The number of amides is 1. The first kappa shape index (κ1) is 19.4. The Hall–Kier alpha value is -2.40. The van der Waals surface area contributed by atoms with E-state index in [4.69, 9.17) is 25.8 Å². The van der Waals surface area contributed by atoms with Crippen molar-refractivity contribution in [3.63, 3.8) is 0 Å². The van der Waals surface area contributed by atoms with Crippen LogP contribution in [-0.2, 0) is 4.79 Å². The molecule has 0 radical (unpaired) electrons. The molecule has 0 aliphatic carbocycles. The largest absolute Gasteiger partial charge is 0.490 e. The zero-order valence-electron chi connectivity index (χ0n) is 15.5. The lowest BCUT2D eigenvalue weighted by atomic mass is 9.95. The third kappa shape index (κ3) is 5.30. The van der Waals surface area contributed by atoms with Crippen molar-refractivity contribution >= 4 is 17.5 Å². The van der Waals surface area contributed by atoms with E-state index in [2.05, 4.69) is 19.2 Å². The van der Waals surface area contributed by atoms with Crippen molar-refractivity contribution in [3.8, 4) is 17.2 Å². The molecule has 1 atom stereocenters. The fourth-order valence-corrected chi connectivity index (χ4v) is 3.03. The van der Waals surface area contributed by atoms with Crippen LogP contribution in [0.15, 0.2) is 42.5 Å². The van der Waals surface area contributed by atoms with Crippen molar-refractivity contribution in [2.75, 3.05) is 19.8 Å². The molecule has 6 heteroatoms. The van der Waals surface area contributed by atoms with Gasteiger partial charge < -0.3 is 19.5 Å². The van der Waals surface area contributed by atoms with E-state index in [1.54, 1.807) is 24.3 Å². The average molecular weight is 390 g/mol. The molecule has 1 aliphatic heterocycles. The minimum atomic E-state index is -0.184. The van der Waals surface area contributed by atoms with E-state index in [0.29, 0.717) is 24.0 Å². The predicted molar refractivity (Wildman–Crippen MR) is 105 cm³/mol. The Morgan fingerprint density at radius 1 is 1.11 bits per heavy atom. The summed E-state index contributed by atoms with van der Waals surface area (Å²) >= 11 is 5.85. The van der Waals surface area contributed by atoms with E-state index >= 15 is 0 Å². The van der Waals surface area contributed by atoms with E-state index in [9.17, 15) is 4.79 Å². The summed E-state index contributed by atoms with van der Waals surface area (Å²) < 4.78 is 17.0. The molecule has 144 valence electrons. The second-order valence-electron chi connectivity index (χ2n) is 6.79. The second-order valence-corrected chi connectivity index (χ2v) is 7.22. The van der Waals surface area contributed by atoms with Crippen LogP contribution in [0.1, 0.15) is 31.9 Å². The van der Waals surface area contributed by atoms with Crippen LogP contribution < -0.4 is 19.5 Å². The summed E-state index contributed by atoms with van der Waals surface area (Å²) in [7, 11) is 0. The molecule has 0 bridgehead atoms. The molecule has 0 fully saturated rings. The van der Waals surface area contributed by atoms with Gasteiger partial charge >= 0.3 is 0 Å². The number of fused-ring (bicyclic) bond motifs is 1. The van der Waals surface area contributed by atoms with Gasteiger partial charge in [0.1, 0.15) is 5.75 Å². The first-order chi connectivity index (χ1) is 13.0. The van der Waals surface area contributed by atoms with Crippen LogP contribution in [0.2, 0.25) is 5.02 Å². The summed E-state index contributed by atoms with van der Waals surface area (Å²) in [6, 6.07) is 12.6. The summed E-state index contributed by atoms with van der Waals surface area (Å²) in [5, 5.41) is 3.68. The number of rotatable bonds is 6. The molecule has 3 rings (SSSR count). The van der Waals surface area contributed by atoms with Gasteiger partial charge in [0.2, 0.25) is 0 Å². The lowest BCUT2D eigenvalue weighted by molar-refractivity contribution is -0.124. The molecule has 27 heavy (non-hydrogen) atoms. The van der Waals surface area contributed by atoms with Gasteiger partial charge in [-0.1, -0.05) is 31.5 Å². The van der Waals surface area contributed by atoms with Gasteiger partial charge in [0, 0.05) is 11.4 Å². The first-order valence-corrected chi connectivity index (χ1v) is 9.48. The Bertz CT molecular complexity index is 776. The standard InChI is InChI=1S/C21H24ClNO4/c1-14(2)21(15-4-9-18-19(12-15)26-11-3-10-25-18)23-20(24)13-27-17-7-5-16(22)6-8-17/h4-9,12,14,21H,3,10-11,13H2,1-2H3,(H,23,24)/t21-/m0/s1. The van der Waals surface area contributed by atoms with Crippen molar-refractivity contribution in [1.29, 1.82) is 0 Å². The molecule has 1 aliphatic rings. The van der Waals surface area contributed by atoms with Crippen molar-refractivity contribution < 1.29 is 19.0 Å². The monoisotopic (exact) mass is 389 g/mol. The first-order valence-electron chi connectivity index (χ1n) is 9.10. The van der Waals surface area contributed by atoms with Gasteiger partial charge in [0.25, 0.3) is 5.91 Å². The van der Waals surface area contributed by atoms with Crippen molar-refractivity contribution in [1.82, 2.24) is 5.32 Å². The number of halogens is 1. The molecule has 2 aromatic rings. The van der Waals surface area contributed by atoms with Crippen LogP contribution in [-0.4, -0.2) is 25.7 Å². The van der Waals surface area contributed by atoms with Gasteiger partial charge in [-0.25, -0.2) is 0 Å². The molecule has 1 heterocycles. The topological polar surface area (TPSA) is 56.8 Å². The number of benzene rings is 2. The predicted octanol–water partition coefficient (Wildman–Crippen LogP) is 4.39. The summed E-state index contributed by atoms with van der Waals surface area (Å²) in [6.07, 6.45) is 0.858. The van der Waals surface area contributed by atoms with Gasteiger partial charge in [0.05, 0.1) is 19.3 Å². The van der Waals surface area contributed by atoms with Gasteiger partial charge in [-0.05, 0) is 47.9 Å². The molecule has 0 spiro atoms. The maximum Gasteiger partial charge on any atom is 0.258 e. The Labute approximate surface area is 164 Å². The van der Waals surface area contributed by atoms with E-state index < -0.39 is 0 Å². The van der Waals surface area contributed by atoms with Gasteiger partial charge in [-0.15, -0.1) is 0 Å². The molecule has 0 aromatic heterocycles. The Balaban J connectivity index is 1.65. The third-order valence-electron chi connectivity index (χ3n) is 4.30. The quantitative estimate of drug-likeness (QED) is 0.795. The lowest BCUT2D eigenvalue weighted by Gasteiger charge is -2.24. The minimum absolute atomic E-state index is 0.0601. The van der Waals surface area contributed by atoms with Crippen molar-refractivity contribution in [3.05, 3.63) is 53.1 Å². The summed E-state index contributed by atoms with van der Waals surface area (Å²) in [5.74, 6) is 2.09. The van der Waals surface area contributed by atoms with E-state index in [0.717, 1.165) is 23.5 Å². The fraction of sp³-hybridized carbons (Fsp3) is 0.381. The molecule has 2 aromatic carbocycles. The molecule has 0 saturated heterocycles. The van der Waals surface area contributed by atoms with Crippen LogP contribution in [0, 0.1) is 5.92 Å². The minimum Gasteiger partial charge on any atom is -0.490 e. The van der Waals surface area contributed by atoms with Crippen molar-refractivity contribution in [2.24, 2.45) is 5.92 Å². The number of carbonyl (C=O) groups is 1. The molecule has 0 unspecified atom stereocenters. The molecular weight excluding hydrogens is 366 g/mol. The number of ether oxygens (including phenoxy) is 3. The van der Waals surface area contributed by atoms with Gasteiger partial charge in [-0.3, -0.25) is 4.79 Å². The molecule has 5 nitrogen and oxygen atoms in total. The zero-order chi connectivity index (χ0) is 19.2. The van der Waals surface area contributed by atoms with Gasteiger partial charge in [0.15, 0.2) is 18.1 Å². The number of nitrogens with one attached hydrogen (secondary N) is 1. The van der Waals surface area contributed by atoms with Crippen molar-refractivity contribution in [2.45, 2.75) is 26.3 Å². The highest BCUT2D eigenvalue weighted by Gasteiger charge is 2.21. The van der Waals surface area contributed by atoms with E-state index in [-0.39, 0.29) is 24.5 Å². The normalized spacial score (nSPS) is 14.4. The Kier molecular flexibility index (Phi) is 6.45. The third-order valence-corrected chi connectivity index (χ3v) is 4.55. The van der Waals surface area contributed by atoms with E-state index in [1.807, 2.05) is 18.2 Å². The highest BCUT2D eigenvalue weighted by atomic mass is 35.5. The summed E-state index contributed by atoms with van der Waals surface area (Å²) in [6.45, 7) is 5.35. The average Bonchev–Trinajstić information content (AvgIpc) is 2.90. The number of hydrogen-bond acceptors (Lipinski definition) is 4. The maximum absolute atomic E-state index is 12.4. The fourth-order valence-electron chi connectivity index (χ4n) is 2.90. The zero-order valence-corrected chi connectivity index (χ0v) is 16.3. The highest BCUT2D eigenvalue weighted by Crippen LogP contribution is 2.34. The molecule has 1 amide bonds. The molecule has 0 saturated carbocycles. The Morgan fingerprint density at radius 3 is 2.52 bits per heavy atom. The Morgan fingerprint density at radius 2 is 1.81 bits per heavy atom. The smallest absolute Gasteiger partial charge is 0.258 e.